The average molecular weight is 334 g/mol. The Balaban J connectivity index is 1.67. The molecule has 6 heteroatoms. The summed E-state index contributed by atoms with van der Waals surface area (Å²) in [6, 6.07) is 3.58. The Morgan fingerprint density at radius 1 is 1.33 bits per heavy atom. The summed E-state index contributed by atoms with van der Waals surface area (Å²) >= 11 is 0. The first-order valence-electron chi connectivity index (χ1n) is 8.47. The second kappa shape index (κ2) is 6.61. The van der Waals surface area contributed by atoms with E-state index in [0.29, 0.717) is 17.9 Å². The van der Waals surface area contributed by atoms with E-state index >= 15 is 0 Å². The van der Waals surface area contributed by atoms with Crippen LogP contribution < -0.4 is 4.74 Å². The molecule has 0 aromatic heterocycles. The number of hydrogen-bond acceptors (Lipinski definition) is 5. The molecule has 2 aliphatic heterocycles. The summed E-state index contributed by atoms with van der Waals surface area (Å²) < 4.78 is 11.1. The molecule has 0 unspecified atom stereocenters. The molecule has 2 aliphatic rings. The van der Waals surface area contributed by atoms with Gasteiger partial charge in [0.2, 0.25) is 0 Å². The zero-order valence-corrected chi connectivity index (χ0v) is 14.7. The van der Waals surface area contributed by atoms with Gasteiger partial charge in [-0.1, -0.05) is 6.07 Å². The van der Waals surface area contributed by atoms with E-state index in [0.717, 1.165) is 44.8 Å². The maximum Gasteiger partial charge on any atom is 0.257 e. The fourth-order valence-electron chi connectivity index (χ4n) is 3.23. The maximum atomic E-state index is 12.7. The van der Waals surface area contributed by atoms with Gasteiger partial charge < -0.3 is 19.5 Å². The van der Waals surface area contributed by atoms with Gasteiger partial charge in [-0.05, 0) is 19.9 Å². The number of aromatic hydroxyl groups is 1. The number of likely N-dealkylation sites (N-methyl/N-ethyl adjacent to an activating group) is 1. The average Bonchev–Trinajstić information content (AvgIpc) is 2.88. The van der Waals surface area contributed by atoms with Gasteiger partial charge >= 0.3 is 0 Å². The summed E-state index contributed by atoms with van der Waals surface area (Å²) in [6.45, 7) is 8.66. The Morgan fingerprint density at radius 2 is 2.04 bits per heavy atom. The van der Waals surface area contributed by atoms with Gasteiger partial charge in [0.15, 0.2) is 11.5 Å². The quantitative estimate of drug-likeness (QED) is 0.904. The number of morpholine rings is 1. The Kier molecular flexibility index (Phi) is 4.69. The summed E-state index contributed by atoms with van der Waals surface area (Å²) in [5.74, 6) is 0.227. The van der Waals surface area contributed by atoms with E-state index in [2.05, 4.69) is 4.90 Å². The number of nitrogens with zero attached hydrogens (tertiary/aromatic N) is 2. The lowest BCUT2D eigenvalue weighted by atomic mass is 10.00. The van der Waals surface area contributed by atoms with E-state index < -0.39 is 0 Å². The van der Waals surface area contributed by atoms with Crippen molar-refractivity contribution >= 4 is 5.91 Å². The molecule has 132 valence electrons. The van der Waals surface area contributed by atoms with Crippen LogP contribution in [0.3, 0.4) is 0 Å². The SMILES string of the molecule is CN(CCN1CCOCC1)C(=O)c1ccc2c(c1O)OC(C)(C)C2. The molecule has 0 saturated carbocycles. The highest BCUT2D eigenvalue weighted by Gasteiger charge is 2.34. The van der Waals surface area contributed by atoms with Crippen LogP contribution >= 0.6 is 0 Å². The van der Waals surface area contributed by atoms with Gasteiger partial charge in [-0.25, -0.2) is 0 Å². The smallest absolute Gasteiger partial charge is 0.257 e. The zero-order valence-electron chi connectivity index (χ0n) is 14.7. The third-order valence-corrected chi connectivity index (χ3v) is 4.64. The monoisotopic (exact) mass is 334 g/mol. The Hall–Kier alpha value is -1.79. The number of phenols is 1. The van der Waals surface area contributed by atoms with Crippen molar-refractivity contribution < 1.29 is 19.4 Å². The summed E-state index contributed by atoms with van der Waals surface area (Å²) in [4.78, 5) is 16.6. The highest BCUT2D eigenvalue weighted by molar-refractivity contribution is 5.97. The van der Waals surface area contributed by atoms with Gasteiger partial charge in [0.1, 0.15) is 5.60 Å². The van der Waals surface area contributed by atoms with E-state index in [1.165, 1.54) is 0 Å². The Labute approximate surface area is 143 Å². The van der Waals surface area contributed by atoms with Gasteiger partial charge in [-0.3, -0.25) is 9.69 Å². The third-order valence-electron chi connectivity index (χ3n) is 4.64. The first-order valence-corrected chi connectivity index (χ1v) is 8.47. The van der Waals surface area contributed by atoms with Crippen molar-refractivity contribution in [3.8, 4) is 11.5 Å². The number of fused-ring (bicyclic) bond motifs is 1. The maximum absolute atomic E-state index is 12.7. The van der Waals surface area contributed by atoms with Crippen molar-refractivity contribution in [2.75, 3.05) is 46.4 Å². The van der Waals surface area contributed by atoms with E-state index in [9.17, 15) is 9.90 Å². The van der Waals surface area contributed by atoms with Crippen LogP contribution in [0.15, 0.2) is 12.1 Å². The highest BCUT2D eigenvalue weighted by atomic mass is 16.5. The van der Waals surface area contributed by atoms with Crippen LogP contribution in [0, 0.1) is 0 Å². The molecule has 2 heterocycles. The molecule has 0 radical (unpaired) electrons. The lowest BCUT2D eigenvalue weighted by Crippen LogP contribution is -2.41. The van der Waals surface area contributed by atoms with Crippen LogP contribution in [0.2, 0.25) is 0 Å². The molecule has 1 aromatic rings. The van der Waals surface area contributed by atoms with Crippen LogP contribution in [-0.4, -0.2) is 72.9 Å². The summed E-state index contributed by atoms with van der Waals surface area (Å²) in [7, 11) is 1.76. The number of amides is 1. The van der Waals surface area contributed by atoms with Gasteiger partial charge in [0.25, 0.3) is 5.91 Å². The van der Waals surface area contributed by atoms with Crippen molar-refractivity contribution in [1.29, 1.82) is 0 Å². The molecule has 0 atom stereocenters. The van der Waals surface area contributed by atoms with Gasteiger partial charge in [-0.2, -0.15) is 0 Å². The predicted molar refractivity (Wildman–Crippen MR) is 90.7 cm³/mol. The summed E-state index contributed by atoms with van der Waals surface area (Å²) in [5.41, 5.74) is 0.907. The van der Waals surface area contributed by atoms with E-state index in [-0.39, 0.29) is 17.3 Å². The van der Waals surface area contributed by atoms with Crippen LogP contribution in [0.25, 0.3) is 0 Å². The van der Waals surface area contributed by atoms with Crippen LogP contribution in [0.5, 0.6) is 11.5 Å². The molecular formula is C18H26N2O4. The minimum absolute atomic E-state index is 0.0405. The second-order valence-electron chi connectivity index (χ2n) is 7.17. The number of benzene rings is 1. The molecular weight excluding hydrogens is 308 g/mol. The van der Waals surface area contributed by atoms with Crippen LogP contribution in [-0.2, 0) is 11.2 Å². The molecule has 1 N–H and O–H groups in total. The normalized spacial score (nSPS) is 19.6. The molecule has 3 rings (SSSR count). The number of carbonyl (C=O) groups excluding carboxylic acids is 1. The van der Waals surface area contributed by atoms with E-state index in [1.807, 2.05) is 19.9 Å². The third kappa shape index (κ3) is 3.49. The van der Waals surface area contributed by atoms with Crippen molar-refractivity contribution in [3.63, 3.8) is 0 Å². The Bertz CT molecular complexity index is 624. The number of hydrogen-bond donors (Lipinski definition) is 1. The number of ether oxygens (including phenoxy) is 2. The molecule has 1 saturated heterocycles. The topological polar surface area (TPSA) is 62.2 Å². The lowest BCUT2D eigenvalue weighted by Gasteiger charge is -2.28. The van der Waals surface area contributed by atoms with Crippen molar-refractivity contribution in [1.82, 2.24) is 9.80 Å². The molecule has 24 heavy (non-hydrogen) atoms. The predicted octanol–water partition coefficient (Wildman–Crippen LogP) is 1.51. The number of rotatable bonds is 4. The molecule has 1 aromatic carbocycles. The van der Waals surface area contributed by atoms with Crippen molar-refractivity contribution in [3.05, 3.63) is 23.3 Å². The standard InChI is InChI=1S/C18H26N2O4/c1-18(2)12-13-4-5-14(15(21)16(13)24-18)17(22)19(3)6-7-20-8-10-23-11-9-20/h4-5,21H,6-12H2,1-3H3. The molecule has 0 bridgehead atoms. The van der Waals surface area contributed by atoms with E-state index in [4.69, 9.17) is 9.47 Å². The van der Waals surface area contributed by atoms with Crippen molar-refractivity contribution in [2.45, 2.75) is 25.9 Å². The van der Waals surface area contributed by atoms with Crippen molar-refractivity contribution in [2.24, 2.45) is 0 Å². The first-order chi connectivity index (χ1) is 11.4. The number of phenolic OH excluding ortho intramolecular Hbond substituents is 1. The van der Waals surface area contributed by atoms with Gasteiger partial charge in [0, 0.05) is 45.2 Å². The number of carbonyl (C=O) groups is 1. The highest BCUT2D eigenvalue weighted by Crippen LogP contribution is 2.43. The molecule has 6 nitrogen and oxygen atoms in total. The zero-order chi connectivity index (χ0) is 17.3. The van der Waals surface area contributed by atoms with Gasteiger partial charge in [-0.15, -0.1) is 0 Å². The molecule has 0 aliphatic carbocycles. The van der Waals surface area contributed by atoms with E-state index in [1.54, 1.807) is 18.0 Å². The fourth-order valence-corrected chi connectivity index (χ4v) is 3.23. The van der Waals surface area contributed by atoms with Crippen LogP contribution in [0.4, 0.5) is 0 Å². The summed E-state index contributed by atoms with van der Waals surface area (Å²) in [6.07, 6.45) is 0.733. The minimum Gasteiger partial charge on any atom is -0.504 e. The molecule has 1 fully saturated rings. The van der Waals surface area contributed by atoms with Crippen LogP contribution in [0.1, 0.15) is 29.8 Å². The second-order valence-corrected chi connectivity index (χ2v) is 7.17. The molecule has 0 spiro atoms. The lowest BCUT2D eigenvalue weighted by molar-refractivity contribution is 0.0338. The Morgan fingerprint density at radius 3 is 2.75 bits per heavy atom. The fraction of sp³-hybridized carbons (Fsp3) is 0.611. The molecule has 1 amide bonds. The first kappa shape index (κ1) is 17.0. The van der Waals surface area contributed by atoms with Gasteiger partial charge in [0.05, 0.1) is 18.8 Å². The minimum atomic E-state index is -0.344. The summed E-state index contributed by atoms with van der Waals surface area (Å²) in [5, 5.41) is 10.5. The largest absolute Gasteiger partial charge is 0.504 e.